The van der Waals surface area contributed by atoms with E-state index >= 15 is 0 Å². The fourth-order valence-corrected chi connectivity index (χ4v) is 4.24. The number of rotatable bonds is 6. The minimum absolute atomic E-state index is 0.0351. The molecule has 0 aromatic heterocycles. The molecule has 10 heteroatoms. The van der Waals surface area contributed by atoms with E-state index in [0.717, 1.165) is 6.07 Å². The van der Waals surface area contributed by atoms with Gasteiger partial charge in [0.1, 0.15) is 12.4 Å². The van der Waals surface area contributed by atoms with Crippen LogP contribution in [0.25, 0.3) is 0 Å². The molecule has 1 unspecified atom stereocenters. The number of sulfone groups is 1. The topological polar surface area (TPSA) is 79.8 Å². The lowest BCUT2D eigenvalue weighted by Gasteiger charge is -2.16. The molecular weight excluding hydrogens is 371 g/mol. The Morgan fingerprint density at radius 1 is 1.35 bits per heavy atom. The molecule has 1 aromatic carbocycles. The van der Waals surface area contributed by atoms with Gasteiger partial charge in [0.15, 0.2) is 15.8 Å². The smallest absolute Gasteiger partial charge is 0.419 e. The van der Waals surface area contributed by atoms with Crippen LogP contribution in [0.3, 0.4) is 0 Å². The molecule has 2 N–H and O–H groups in total. The second-order valence-corrected chi connectivity index (χ2v) is 8.08. The standard InChI is InChI=1S/C16H22F3N3O3S/c1-2-20-15(22-12-7-10-26(23,24)11-12)21-8-9-25-14-6-4-3-5-13(14)16(17,18)19/h3-6,12H,2,7-11H2,1H3,(H2,20,21,22). The minimum Gasteiger partial charge on any atom is -0.491 e. The number of para-hydroxylation sites is 1. The molecule has 1 aliphatic rings. The van der Waals surface area contributed by atoms with Gasteiger partial charge in [0, 0.05) is 12.6 Å². The van der Waals surface area contributed by atoms with Gasteiger partial charge in [-0.15, -0.1) is 0 Å². The van der Waals surface area contributed by atoms with Crippen molar-refractivity contribution in [2.75, 3.05) is 31.2 Å². The first-order valence-corrected chi connectivity index (χ1v) is 10.1. The normalized spacial score (nSPS) is 20.0. The number of ether oxygens (including phenoxy) is 1. The van der Waals surface area contributed by atoms with E-state index in [1.807, 2.05) is 6.92 Å². The number of nitrogens with zero attached hydrogens (tertiary/aromatic N) is 1. The maximum atomic E-state index is 12.9. The zero-order valence-corrected chi connectivity index (χ0v) is 15.2. The second-order valence-electron chi connectivity index (χ2n) is 5.85. The van der Waals surface area contributed by atoms with Crippen molar-refractivity contribution in [3.63, 3.8) is 0 Å². The molecule has 1 atom stereocenters. The predicted octanol–water partition coefficient (Wildman–Crippen LogP) is 1.83. The molecule has 0 saturated carbocycles. The van der Waals surface area contributed by atoms with E-state index in [1.165, 1.54) is 18.2 Å². The van der Waals surface area contributed by atoms with Crippen molar-refractivity contribution in [1.29, 1.82) is 0 Å². The first-order valence-electron chi connectivity index (χ1n) is 8.25. The fourth-order valence-electron chi connectivity index (χ4n) is 2.56. The van der Waals surface area contributed by atoms with Gasteiger partial charge >= 0.3 is 6.18 Å². The highest BCUT2D eigenvalue weighted by Crippen LogP contribution is 2.35. The van der Waals surface area contributed by atoms with Crippen molar-refractivity contribution in [3.05, 3.63) is 29.8 Å². The van der Waals surface area contributed by atoms with Crippen LogP contribution in [0.2, 0.25) is 0 Å². The molecule has 1 saturated heterocycles. The van der Waals surface area contributed by atoms with Crippen LogP contribution in [0, 0.1) is 0 Å². The zero-order valence-electron chi connectivity index (χ0n) is 14.3. The van der Waals surface area contributed by atoms with Gasteiger partial charge in [0.2, 0.25) is 0 Å². The van der Waals surface area contributed by atoms with Crippen LogP contribution in [0.15, 0.2) is 29.3 Å². The predicted molar refractivity (Wildman–Crippen MR) is 93.1 cm³/mol. The van der Waals surface area contributed by atoms with Crippen LogP contribution in [0.4, 0.5) is 13.2 Å². The summed E-state index contributed by atoms with van der Waals surface area (Å²) in [5, 5.41) is 6.01. The number of benzene rings is 1. The third-order valence-corrected chi connectivity index (χ3v) is 5.50. The van der Waals surface area contributed by atoms with Gasteiger partial charge in [-0.3, -0.25) is 0 Å². The molecule has 1 fully saturated rings. The first-order chi connectivity index (χ1) is 12.2. The maximum Gasteiger partial charge on any atom is 0.419 e. The number of alkyl halides is 3. The summed E-state index contributed by atoms with van der Waals surface area (Å²) < 4.78 is 66.9. The molecule has 0 spiro atoms. The molecule has 0 radical (unpaired) electrons. The van der Waals surface area contributed by atoms with Gasteiger partial charge in [-0.1, -0.05) is 12.1 Å². The van der Waals surface area contributed by atoms with E-state index < -0.39 is 21.6 Å². The molecule has 1 aromatic rings. The van der Waals surface area contributed by atoms with Crippen LogP contribution >= 0.6 is 0 Å². The Morgan fingerprint density at radius 3 is 2.69 bits per heavy atom. The molecule has 0 amide bonds. The Bertz CT molecular complexity index is 736. The van der Waals surface area contributed by atoms with E-state index in [2.05, 4.69) is 15.6 Å². The maximum absolute atomic E-state index is 12.9. The lowest BCUT2D eigenvalue weighted by molar-refractivity contribution is -0.138. The average molecular weight is 393 g/mol. The number of halogens is 3. The largest absolute Gasteiger partial charge is 0.491 e. The molecule has 146 valence electrons. The highest BCUT2D eigenvalue weighted by molar-refractivity contribution is 7.91. The molecule has 2 rings (SSSR count). The van der Waals surface area contributed by atoms with Crippen molar-refractivity contribution in [1.82, 2.24) is 10.6 Å². The Morgan fingerprint density at radius 2 is 2.08 bits per heavy atom. The number of aliphatic imine (C=N–C) groups is 1. The monoisotopic (exact) mass is 393 g/mol. The van der Waals surface area contributed by atoms with E-state index in [4.69, 9.17) is 4.74 Å². The van der Waals surface area contributed by atoms with Crippen molar-refractivity contribution >= 4 is 15.8 Å². The molecular formula is C16H22F3N3O3S. The van der Waals surface area contributed by atoms with Gasteiger partial charge < -0.3 is 15.4 Å². The summed E-state index contributed by atoms with van der Waals surface area (Å²) >= 11 is 0. The lowest BCUT2D eigenvalue weighted by atomic mass is 10.2. The van der Waals surface area contributed by atoms with E-state index in [1.54, 1.807) is 0 Å². The summed E-state index contributed by atoms with van der Waals surface area (Å²) in [7, 11) is -3.01. The van der Waals surface area contributed by atoms with Crippen LogP contribution in [-0.4, -0.2) is 51.6 Å². The summed E-state index contributed by atoms with van der Waals surface area (Å²) in [5.41, 5.74) is -0.829. The number of nitrogens with one attached hydrogen (secondary N) is 2. The highest BCUT2D eigenvalue weighted by Gasteiger charge is 2.34. The van der Waals surface area contributed by atoms with Gasteiger partial charge in [0.05, 0.1) is 23.6 Å². The Hall–Kier alpha value is -1.97. The van der Waals surface area contributed by atoms with Crippen LogP contribution < -0.4 is 15.4 Å². The first kappa shape index (κ1) is 20.3. The van der Waals surface area contributed by atoms with Crippen molar-refractivity contribution in [2.45, 2.75) is 25.6 Å². The number of guanidine groups is 1. The molecule has 26 heavy (non-hydrogen) atoms. The summed E-state index contributed by atoms with van der Waals surface area (Å²) in [4.78, 5) is 4.22. The summed E-state index contributed by atoms with van der Waals surface area (Å²) in [6.07, 6.45) is -3.98. The third-order valence-electron chi connectivity index (χ3n) is 3.73. The van der Waals surface area contributed by atoms with E-state index in [-0.39, 0.29) is 36.4 Å². The third kappa shape index (κ3) is 6.08. The lowest BCUT2D eigenvalue weighted by Crippen LogP contribution is -2.44. The quantitative estimate of drug-likeness (QED) is 0.438. The Labute approximate surface area is 150 Å². The van der Waals surface area contributed by atoms with Crippen LogP contribution in [0.5, 0.6) is 5.75 Å². The van der Waals surface area contributed by atoms with E-state index in [9.17, 15) is 21.6 Å². The van der Waals surface area contributed by atoms with E-state index in [0.29, 0.717) is 18.9 Å². The zero-order chi connectivity index (χ0) is 19.2. The average Bonchev–Trinajstić information content (AvgIpc) is 2.90. The van der Waals surface area contributed by atoms with Crippen molar-refractivity contribution in [3.8, 4) is 5.75 Å². The van der Waals surface area contributed by atoms with Gasteiger partial charge in [0.25, 0.3) is 0 Å². The van der Waals surface area contributed by atoms with Gasteiger partial charge in [-0.05, 0) is 25.5 Å². The van der Waals surface area contributed by atoms with Gasteiger partial charge in [-0.25, -0.2) is 13.4 Å². The SMILES string of the molecule is CCNC(=NCCOc1ccccc1C(F)(F)F)NC1CCS(=O)(=O)C1. The highest BCUT2D eigenvalue weighted by atomic mass is 32.2. The van der Waals surface area contributed by atoms with Crippen LogP contribution in [-0.2, 0) is 16.0 Å². The summed E-state index contributed by atoms with van der Waals surface area (Å²) in [5.74, 6) is 0.367. The second kappa shape index (κ2) is 8.61. The Kier molecular flexibility index (Phi) is 6.74. The fraction of sp³-hybridized carbons (Fsp3) is 0.562. The van der Waals surface area contributed by atoms with Crippen molar-refractivity contribution < 1.29 is 26.3 Å². The summed E-state index contributed by atoms with van der Waals surface area (Å²) in [6.45, 7) is 2.52. The minimum atomic E-state index is -4.48. The number of hydrogen-bond donors (Lipinski definition) is 2. The van der Waals surface area contributed by atoms with Gasteiger partial charge in [-0.2, -0.15) is 13.2 Å². The molecule has 1 aliphatic heterocycles. The molecule has 6 nitrogen and oxygen atoms in total. The molecule has 0 bridgehead atoms. The molecule has 0 aliphatic carbocycles. The van der Waals surface area contributed by atoms with Crippen molar-refractivity contribution in [2.24, 2.45) is 4.99 Å². The Balaban J connectivity index is 1.91. The summed E-state index contributed by atoms with van der Waals surface area (Å²) in [6, 6.07) is 4.78. The van der Waals surface area contributed by atoms with Crippen LogP contribution in [0.1, 0.15) is 18.9 Å². The molecule has 1 heterocycles. The number of hydrogen-bond acceptors (Lipinski definition) is 4.